The van der Waals surface area contributed by atoms with Crippen molar-refractivity contribution in [1.29, 1.82) is 0 Å². The van der Waals surface area contributed by atoms with Gasteiger partial charge in [0.25, 0.3) is 11.8 Å². The van der Waals surface area contributed by atoms with E-state index in [1.54, 1.807) is 47.4 Å². The zero-order chi connectivity index (χ0) is 24.1. The van der Waals surface area contributed by atoms with Gasteiger partial charge < -0.3 is 19.4 Å². The quantitative estimate of drug-likeness (QED) is 0.407. The predicted octanol–water partition coefficient (Wildman–Crippen LogP) is 4.96. The molecule has 1 N–H and O–H groups in total. The summed E-state index contributed by atoms with van der Waals surface area (Å²) in [7, 11) is 0. The third-order valence-corrected chi connectivity index (χ3v) is 5.68. The predicted molar refractivity (Wildman–Crippen MR) is 132 cm³/mol. The number of carbonyl (C=O) groups excluding carboxylic acids is 2. The number of carbonyl (C=O) groups is 2. The lowest BCUT2D eigenvalue weighted by atomic mass is 10.1. The van der Waals surface area contributed by atoms with Gasteiger partial charge in [-0.2, -0.15) is 0 Å². The van der Waals surface area contributed by atoms with Crippen LogP contribution in [0.5, 0.6) is 5.75 Å². The summed E-state index contributed by atoms with van der Waals surface area (Å²) in [4.78, 5) is 31.8. The fourth-order valence-electron chi connectivity index (χ4n) is 3.79. The number of benzene rings is 2. The summed E-state index contributed by atoms with van der Waals surface area (Å²) >= 11 is 0. The van der Waals surface area contributed by atoms with E-state index in [-0.39, 0.29) is 18.4 Å². The van der Waals surface area contributed by atoms with Gasteiger partial charge in [0.2, 0.25) is 0 Å². The van der Waals surface area contributed by atoms with Gasteiger partial charge in [0.05, 0.1) is 11.3 Å². The van der Waals surface area contributed by atoms with E-state index in [0.717, 1.165) is 16.9 Å². The van der Waals surface area contributed by atoms with Crippen LogP contribution in [0.25, 0.3) is 5.65 Å². The van der Waals surface area contributed by atoms with Crippen LogP contribution >= 0.6 is 0 Å². The second-order valence-electron chi connectivity index (χ2n) is 7.95. The van der Waals surface area contributed by atoms with Gasteiger partial charge in [-0.15, -0.1) is 0 Å². The molecule has 0 spiro atoms. The zero-order valence-corrected chi connectivity index (χ0v) is 19.6. The van der Waals surface area contributed by atoms with E-state index >= 15 is 0 Å². The number of ether oxygens (including phenoxy) is 1. The molecule has 0 aliphatic carbocycles. The topological polar surface area (TPSA) is 75.9 Å². The van der Waals surface area contributed by atoms with Gasteiger partial charge in [-0.25, -0.2) is 4.98 Å². The second kappa shape index (κ2) is 10.2. The van der Waals surface area contributed by atoms with Crippen molar-refractivity contribution in [3.63, 3.8) is 0 Å². The Morgan fingerprint density at radius 3 is 2.44 bits per heavy atom. The van der Waals surface area contributed by atoms with Crippen molar-refractivity contribution >= 4 is 23.1 Å². The molecule has 0 aliphatic rings. The monoisotopic (exact) mass is 456 g/mol. The van der Waals surface area contributed by atoms with Gasteiger partial charge in [0, 0.05) is 36.7 Å². The summed E-state index contributed by atoms with van der Waals surface area (Å²) in [5.74, 6) is 0.162. The van der Waals surface area contributed by atoms with Crippen LogP contribution in [0.4, 0.5) is 5.69 Å². The normalized spacial score (nSPS) is 10.8. The van der Waals surface area contributed by atoms with Crippen LogP contribution < -0.4 is 10.1 Å². The number of fused-ring (bicyclic) bond motifs is 1. The zero-order valence-electron chi connectivity index (χ0n) is 19.6. The molecular weight excluding hydrogens is 428 g/mol. The lowest BCUT2D eigenvalue weighted by Gasteiger charge is -2.18. The van der Waals surface area contributed by atoms with Crippen molar-refractivity contribution in [2.24, 2.45) is 0 Å². The average molecular weight is 457 g/mol. The molecular formula is C27H28N4O3. The molecule has 2 aromatic carbocycles. The molecule has 0 saturated heterocycles. The number of hydrogen-bond acceptors (Lipinski definition) is 4. The highest BCUT2D eigenvalue weighted by Gasteiger charge is 2.15. The van der Waals surface area contributed by atoms with E-state index in [0.29, 0.717) is 35.7 Å². The number of nitrogens with zero attached hydrogens (tertiary/aromatic N) is 3. The fourth-order valence-corrected chi connectivity index (χ4v) is 3.79. The van der Waals surface area contributed by atoms with Crippen LogP contribution in [0, 0.1) is 6.92 Å². The molecule has 7 heteroatoms. The Hall–Kier alpha value is -4.13. The maximum Gasteiger partial charge on any atom is 0.259 e. The van der Waals surface area contributed by atoms with Crippen molar-refractivity contribution < 1.29 is 14.3 Å². The van der Waals surface area contributed by atoms with Crippen molar-refractivity contribution in [2.75, 3.05) is 18.4 Å². The first-order chi connectivity index (χ1) is 16.5. The Balaban J connectivity index is 1.45. The molecule has 0 saturated carbocycles. The maximum absolute atomic E-state index is 13.0. The van der Waals surface area contributed by atoms with Gasteiger partial charge in [-0.05, 0) is 68.8 Å². The van der Waals surface area contributed by atoms with E-state index in [1.807, 2.05) is 55.8 Å². The Bertz CT molecular complexity index is 1310. The van der Waals surface area contributed by atoms with Crippen molar-refractivity contribution in [1.82, 2.24) is 14.3 Å². The maximum atomic E-state index is 13.0. The van der Waals surface area contributed by atoms with Gasteiger partial charge in [-0.1, -0.05) is 18.2 Å². The van der Waals surface area contributed by atoms with Crippen LogP contribution in [-0.2, 0) is 6.61 Å². The minimum absolute atomic E-state index is 0.0243. The molecule has 0 radical (unpaired) electrons. The molecule has 2 amide bonds. The summed E-state index contributed by atoms with van der Waals surface area (Å²) in [6, 6.07) is 18.0. The number of amides is 2. The van der Waals surface area contributed by atoms with Gasteiger partial charge in [0.15, 0.2) is 0 Å². The first-order valence-electron chi connectivity index (χ1n) is 11.4. The number of nitrogens with one attached hydrogen (secondary N) is 1. The molecule has 34 heavy (non-hydrogen) atoms. The standard InChI is InChI=1S/C27H28N4O3/c1-4-30(5-2)27(33)20-12-14-21(15-13-20)29-26(32)23-10-6-7-11-24(23)34-18-22-17-31-16-8-9-19(3)25(31)28-22/h6-17H,4-5,18H2,1-3H3,(H,29,32). The van der Waals surface area contributed by atoms with Crippen LogP contribution in [-0.4, -0.2) is 39.2 Å². The highest BCUT2D eigenvalue weighted by Crippen LogP contribution is 2.22. The van der Waals surface area contributed by atoms with Crippen LogP contribution in [0.3, 0.4) is 0 Å². The minimum atomic E-state index is -0.288. The first kappa shape index (κ1) is 23.0. The fraction of sp³-hybridized carbons (Fsp3) is 0.222. The highest BCUT2D eigenvalue weighted by molar-refractivity contribution is 6.06. The molecule has 0 fully saturated rings. The molecule has 4 rings (SSSR count). The summed E-state index contributed by atoms with van der Waals surface area (Å²) in [5.41, 5.74) is 4.36. The van der Waals surface area contributed by atoms with Crippen molar-refractivity contribution in [3.05, 3.63) is 95.4 Å². The SMILES string of the molecule is CCN(CC)C(=O)c1ccc(NC(=O)c2ccccc2OCc2cn3cccc(C)c3n2)cc1. The number of anilines is 1. The lowest BCUT2D eigenvalue weighted by Crippen LogP contribution is -2.30. The molecule has 174 valence electrons. The second-order valence-corrected chi connectivity index (χ2v) is 7.95. The third kappa shape index (κ3) is 4.93. The lowest BCUT2D eigenvalue weighted by molar-refractivity contribution is 0.0773. The minimum Gasteiger partial charge on any atom is -0.486 e. The Labute approximate surface area is 199 Å². The number of hydrogen-bond donors (Lipinski definition) is 1. The molecule has 4 aromatic rings. The third-order valence-electron chi connectivity index (χ3n) is 5.68. The van der Waals surface area contributed by atoms with Gasteiger partial charge >= 0.3 is 0 Å². The van der Waals surface area contributed by atoms with Crippen LogP contribution in [0.1, 0.15) is 45.8 Å². The summed E-state index contributed by atoms with van der Waals surface area (Å²) in [6.07, 6.45) is 3.87. The van der Waals surface area contributed by atoms with E-state index in [1.165, 1.54) is 0 Å². The average Bonchev–Trinajstić information content (AvgIpc) is 3.28. The molecule has 0 bridgehead atoms. The molecule has 2 aromatic heterocycles. The van der Waals surface area contributed by atoms with Crippen LogP contribution in [0.15, 0.2) is 73.1 Å². The molecule has 0 aliphatic heterocycles. The number of imidazole rings is 1. The van der Waals surface area contributed by atoms with Crippen molar-refractivity contribution in [2.45, 2.75) is 27.4 Å². The first-order valence-corrected chi connectivity index (χ1v) is 11.4. The molecule has 0 unspecified atom stereocenters. The smallest absolute Gasteiger partial charge is 0.259 e. The molecule has 2 heterocycles. The summed E-state index contributed by atoms with van der Waals surface area (Å²) in [5, 5.41) is 2.89. The molecule has 7 nitrogen and oxygen atoms in total. The summed E-state index contributed by atoms with van der Waals surface area (Å²) < 4.78 is 7.93. The number of para-hydroxylation sites is 1. The Kier molecular flexibility index (Phi) is 6.92. The van der Waals surface area contributed by atoms with Crippen LogP contribution in [0.2, 0.25) is 0 Å². The van der Waals surface area contributed by atoms with E-state index in [4.69, 9.17) is 4.74 Å². The van der Waals surface area contributed by atoms with Crippen molar-refractivity contribution in [3.8, 4) is 5.75 Å². The Morgan fingerprint density at radius 2 is 1.74 bits per heavy atom. The number of aromatic nitrogens is 2. The molecule has 0 atom stereocenters. The van der Waals surface area contributed by atoms with E-state index < -0.39 is 0 Å². The van der Waals surface area contributed by atoms with Gasteiger partial charge in [-0.3, -0.25) is 9.59 Å². The Morgan fingerprint density at radius 1 is 1.00 bits per heavy atom. The number of aryl methyl sites for hydroxylation is 1. The highest BCUT2D eigenvalue weighted by atomic mass is 16.5. The van der Waals surface area contributed by atoms with E-state index in [9.17, 15) is 9.59 Å². The summed E-state index contributed by atoms with van der Waals surface area (Å²) in [6.45, 7) is 7.46. The van der Waals surface area contributed by atoms with Gasteiger partial charge in [0.1, 0.15) is 18.0 Å². The number of rotatable bonds is 8. The number of pyridine rings is 1. The van der Waals surface area contributed by atoms with E-state index in [2.05, 4.69) is 10.3 Å². The largest absolute Gasteiger partial charge is 0.486 e.